The molecule has 0 unspecified atom stereocenters. The molecule has 0 aromatic heterocycles. The summed E-state index contributed by atoms with van der Waals surface area (Å²) in [7, 11) is -20.2. The van der Waals surface area contributed by atoms with Crippen LogP contribution in [0.3, 0.4) is 0 Å². The largest absolute Gasteiger partial charge is 0.744 e. The molecule has 0 heterocycles. The second kappa shape index (κ2) is 17.2. The molecule has 1 aliphatic rings. The van der Waals surface area contributed by atoms with Crippen LogP contribution in [0.2, 0.25) is 0 Å². The van der Waals surface area contributed by atoms with Crippen molar-refractivity contribution in [1.29, 1.82) is 0 Å². The molecule has 0 saturated heterocycles. The van der Waals surface area contributed by atoms with Crippen LogP contribution in [0.1, 0.15) is 15.9 Å². The lowest BCUT2D eigenvalue weighted by atomic mass is 9.94. The fourth-order valence-corrected chi connectivity index (χ4v) is 8.87. The predicted octanol–water partition coefficient (Wildman–Crippen LogP) is 7.83. The van der Waals surface area contributed by atoms with Gasteiger partial charge in [-0.1, -0.05) is 36.4 Å². The van der Waals surface area contributed by atoms with Gasteiger partial charge in [-0.15, -0.1) is 15.3 Å². The minimum absolute atomic E-state index is 0.0145. The van der Waals surface area contributed by atoms with Crippen LogP contribution in [0.4, 0.5) is 39.8 Å². The van der Waals surface area contributed by atoms with Gasteiger partial charge >= 0.3 is 0 Å². The van der Waals surface area contributed by atoms with Crippen molar-refractivity contribution in [2.24, 2.45) is 25.6 Å². The molecule has 0 aliphatic heterocycles. The Morgan fingerprint density at radius 3 is 1.64 bits per heavy atom. The van der Waals surface area contributed by atoms with Gasteiger partial charge < -0.3 is 23.5 Å². The summed E-state index contributed by atoms with van der Waals surface area (Å²) >= 11 is 0. The minimum Gasteiger partial charge on any atom is -0.744 e. The molecule has 7 aromatic rings. The topological polar surface area (TPSA) is 332 Å². The highest BCUT2D eigenvalue weighted by atomic mass is 32.2. The smallest absolute Gasteiger partial charge is 0.215 e. The van der Waals surface area contributed by atoms with Crippen LogP contribution in [0.15, 0.2) is 179 Å². The van der Waals surface area contributed by atoms with E-state index in [0.717, 1.165) is 42.5 Å². The molecule has 0 atom stereocenters. The van der Waals surface area contributed by atoms with Gasteiger partial charge in [0.15, 0.2) is 0 Å². The molecule has 20 nitrogen and oxygen atoms in total. The standard InChI is InChI=1S/C42H29N7O13S4/c50-42-31-12-9-26(43-25-5-2-1-3-6-25)19-24(31)20-40(66(60,61)62)41(42)49-48-37-16-18-39(35-23-30(65(57,58)59)11-14-33(35)37)47-46-36-15-17-38(34-22-29(64(54,55)56)10-13-32(34)36)45-44-27-7-4-8-28(21-27)63(51,52)53/h1-23,43,48H,(H,51,52,53)(H,54,55,56)(H,57,58,59)(H,60,61,62)/p-4. The van der Waals surface area contributed by atoms with Crippen molar-refractivity contribution >= 4 is 119 Å². The molecular formula is C42H25N7O13S4-4. The second-order valence-corrected chi connectivity index (χ2v) is 19.6. The SMILES string of the molecule is O=C1C(=NNc2ccc(N=Nc3ccc(N=Nc4cccc(S(=O)(=O)[O-])c4)c4cc(S(=O)(=O)[O-])ccc34)c3cc(S(=O)(=O)[O-])ccc23)C(S(=O)(=O)[O-])=Cc2cc(Nc3ccccc3)ccc21. The Bertz CT molecular complexity index is 3790. The number of carbonyl (C=O) groups is 1. The number of anilines is 3. The molecule has 0 saturated carbocycles. The number of allylic oxidation sites excluding steroid dienone is 1. The maximum atomic E-state index is 13.7. The van der Waals surface area contributed by atoms with Crippen LogP contribution in [-0.2, 0) is 40.5 Å². The van der Waals surface area contributed by atoms with Crippen molar-refractivity contribution in [1.82, 2.24) is 0 Å². The Balaban J connectivity index is 1.17. The third-order valence-corrected chi connectivity index (χ3v) is 13.1. The number of Topliss-reactive ketones (excluding diaryl/α,β-unsaturated/α-hetero) is 1. The number of nitrogens with one attached hydrogen (secondary N) is 2. The highest BCUT2D eigenvalue weighted by Gasteiger charge is 2.30. The van der Waals surface area contributed by atoms with E-state index in [0.29, 0.717) is 11.4 Å². The predicted molar refractivity (Wildman–Crippen MR) is 236 cm³/mol. The number of fused-ring (bicyclic) bond motifs is 3. The molecule has 1 aliphatic carbocycles. The number of hydrazone groups is 1. The normalized spacial score (nSPS) is 14.3. The quantitative estimate of drug-likeness (QED) is 0.0669. The maximum Gasteiger partial charge on any atom is 0.215 e. The fraction of sp³-hybridized carbons (Fsp3) is 0. The summed E-state index contributed by atoms with van der Waals surface area (Å²) in [6.07, 6.45) is 1.02. The van der Waals surface area contributed by atoms with E-state index >= 15 is 0 Å². The molecule has 8 rings (SSSR count). The van der Waals surface area contributed by atoms with Crippen molar-refractivity contribution in [3.05, 3.63) is 149 Å². The van der Waals surface area contributed by atoms with E-state index in [1.54, 1.807) is 30.3 Å². The Kier molecular flexibility index (Phi) is 11.8. The van der Waals surface area contributed by atoms with Gasteiger partial charge in [0.1, 0.15) is 46.2 Å². The number of azo groups is 2. The number of para-hydroxylation sites is 1. The number of carbonyl (C=O) groups excluding carboxylic acids is 1. The summed E-state index contributed by atoms with van der Waals surface area (Å²) in [6, 6.07) is 29.9. The van der Waals surface area contributed by atoms with Gasteiger partial charge in [-0.05, 0) is 109 Å². The molecule has 0 amide bonds. The number of hydrogen-bond acceptors (Lipinski definition) is 20. The fourth-order valence-electron chi connectivity index (χ4n) is 6.72. The van der Waals surface area contributed by atoms with E-state index in [2.05, 4.69) is 36.3 Å². The van der Waals surface area contributed by atoms with E-state index in [1.807, 2.05) is 6.07 Å². The summed E-state index contributed by atoms with van der Waals surface area (Å²) in [4.78, 5) is 10.9. The zero-order valence-corrected chi connectivity index (χ0v) is 36.2. The van der Waals surface area contributed by atoms with Gasteiger partial charge in [-0.25, -0.2) is 33.7 Å². The average molecular weight is 964 g/mol. The van der Waals surface area contributed by atoms with E-state index in [1.165, 1.54) is 60.7 Å². The second-order valence-electron chi connectivity index (χ2n) is 14.1. The number of benzene rings is 7. The number of nitrogens with zero attached hydrogens (tertiary/aromatic N) is 5. The molecule has 0 spiro atoms. The Morgan fingerprint density at radius 1 is 0.455 bits per heavy atom. The zero-order chi connectivity index (χ0) is 47.2. The molecule has 0 radical (unpaired) electrons. The molecule has 0 bridgehead atoms. The molecule has 24 heteroatoms. The number of hydrogen-bond donors (Lipinski definition) is 2. The lowest BCUT2D eigenvalue weighted by Crippen LogP contribution is -2.27. The summed E-state index contributed by atoms with van der Waals surface area (Å²) in [5, 5.41) is 24.0. The summed E-state index contributed by atoms with van der Waals surface area (Å²) in [5.74, 6) is -0.904. The number of ketones is 1. The van der Waals surface area contributed by atoms with Crippen LogP contribution in [-0.4, -0.2) is 63.4 Å². The van der Waals surface area contributed by atoms with Crippen LogP contribution < -0.4 is 10.7 Å². The van der Waals surface area contributed by atoms with Gasteiger partial charge in [0.25, 0.3) is 0 Å². The van der Waals surface area contributed by atoms with E-state index in [-0.39, 0.29) is 61.1 Å². The molecule has 334 valence electrons. The minimum atomic E-state index is -5.30. The molecular weight excluding hydrogens is 939 g/mol. The van der Waals surface area contributed by atoms with Crippen LogP contribution in [0, 0.1) is 0 Å². The Hall–Kier alpha value is -7.42. The lowest BCUT2D eigenvalue weighted by molar-refractivity contribution is 0.106. The third kappa shape index (κ3) is 9.65. The molecule has 66 heavy (non-hydrogen) atoms. The summed E-state index contributed by atoms with van der Waals surface area (Å²) in [6.45, 7) is 0. The van der Waals surface area contributed by atoms with Gasteiger partial charge in [-0.2, -0.15) is 10.2 Å². The highest BCUT2D eigenvalue weighted by Crippen LogP contribution is 2.39. The Morgan fingerprint density at radius 2 is 1.02 bits per heavy atom. The van der Waals surface area contributed by atoms with Gasteiger partial charge in [0.05, 0.1) is 48.0 Å². The lowest BCUT2D eigenvalue weighted by Gasteiger charge is -2.21. The average Bonchev–Trinajstić information content (AvgIpc) is 3.26. The molecule has 2 N–H and O–H groups in total. The first kappa shape index (κ1) is 45.2. The first-order valence-electron chi connectivity index (χ1n) is 18.6. The van der Waals surface area contributed by atoms with Gasteiger partial charge in [0.2, 0.25) is 5.78 Å². The highest BCUT2D eigenvalue weighted by molar-refractivity contribution is 7.91. The van der Waals surface area contributed by atoms with Gasteiger partial charge in [0, 0.05) is 38.5 Å². The van der Waals surface area contributed by atoms with E-state index < -0.39 is 71.6 Å². The van der Waals surface area contributed by atoms with Crippen molar-refractivity contribution in [3.8, 4) is 0 Å². The first-order valence-corrected chi connectivity index (χ1v) is 24.2. The third-order valence-electron chi connectivity index (χ3n) is 9.78. The first-order chi connectivity index (χ1) is 31.1. The van der Waals surface area contributed by atoms with E-state index in [9.17, 15) is 56.7 Å². The van der Waals surface area contributed by atoms with Crippen molar-refractivity contribution in [2.45, 2.75) is 14.7 Å². The number of rotatable bonds is 12. The van der Waals surface area contributed by atoms with Crippen LogP contribution in [0.5, 0.6) is 0 Å². The van der Waals surface area contributed by atoms with E-state index in [4.69, 9.17) is 0 Å². The van der Waals surface area contributed by atoms with Crippen LogP contribution >= 0.6 is 0 Å². The summed E-state index contributed by atoms with van der Waals surface area (Å²) < 4.78 is 145. The van der Waals surface area contributed by atoms with Crippen molar-refractivity contribution in [3.63, 3.8) is 0 Å². The molecule has 0 fully saturated rings. The zero-order valence-electron chi connectivity index (χ0n) is 33.0. The Labute approximate surface area is 374 Å². The van der Waals surface area contributed by atoms with Crippen molar-refractivity contribution < 1.29 is 56.7 Å². The summed E-state index contributed by atoms with van der Waals surface area (Å²) in [5.41, 5.74) is 3.13. The molecule has 7 aromatic carbocycles. The maximum absolute atomic E-state index is 13.7. The van der Waals surface area contributed by atoms with Gasteiger partial charge in [-0.3, -0.25) is 10.2 Å². The van der Waals surface area contributed by atoms with Crippen LogP contribution in [0.25, 0.3) is 27.6 Å². The monoisotopic (exact) mass is 963 g/mol. The van der Waals surface area contributed by atoms with Crippen molar-refractivity contribution in [2.75, 3.05) is 10.7 Å².